The van der Waals surface area contributed by atoms with E-state index in [-0.39, 0.29) is 46.8 Å². The highest BCUT2D eigenvalue weighted by Gasteiger charge is 2.34. The number of nitrogens with one attached hydrogen (secondary N) is 1. The Hall–Kier alpha value is -1.89. The van der Waals surface area contributed by atoms with Crippen LogP contribution in [0.5, 0.6) is 5.75 Å². The first-order valence-electron chi connectivity index (χ1n) is 11.9. The average Bonchev–Trinajstić information content (AvgIpc) is 3.08. The van der Waals surface area contributed by atoms with E-state index >= 15 is 0 Å². The van der Waals surface area contributed by atoms with Crippen LogP contribution in [-0.2, 0) is 15.6 Å². The topological polar surface area (TPSA) is 82.0 Å². The van der Waals surface area contributed by atoms with Crippen molar-refractivity contribution in [2.24, 2.45) is 9.94 Å². The number of ketones is 1. The van der Waals surface area contributed by atoms with Crippen LogP contribution < -0.4 is 5.32 Å². The molecule has 1 atom stereocenters. The van der Waals surface area contributed by atoms with E-state index in [2.05, 4.69) is 25.5 Å². The molecule has 1 saturated heterocycles. The van der Waals surface area contributed by atoms with E-state index in [9.17, 15) is 14.7 Å². The van der Waals surface area contributed by atoms with E-state index in [1.165, 1.54) is 0 Å². The molecule has 1 unspecified atom stereocenters. The van der Waals surface area contributed by atoms with E-state index < -0.39 is 0 Å². The minimum Gasteiger partial charge on any atom is -0.507 e. The number of nitrogens with zero attached hydrogens (tertiary/aromatic N) is 2. The molecule has 1 aliphatic heterocycles. The van der Waals surface area contributed by atoms with Crippen molar-refractivity contribution in [3.05, 3.63) is 28.8 Å². The SMILES string of the molecule is CCC(CC)C(=O)NC1CCN(CC(=O)c2cc(C(C)(C)C)c(O)c(C(C)(C)C)c2)C1=NBr. The van der Waals surface area contributed by atoms with Gasteiger partial charge in [0.1, 0.15) is 11.6 Å². The maximum Gasteiger partial charge on any atom is 0.223 e. The third-order valence-corrected chi connectivity index (χ3v) is 6.83. The Morgan fingerprint density at radius 2 is 1.64 bits per heavy atom. The number of rotatable bonds is 7. The molecule has 1 fully saturated rings. The molecular weight excluding hydrogens is 482 g/mol. The van der Waals surface area contributed by atoms with Gasteiger partial charge in [-0.1, -0.05) is 55.4 Å². The molecule has 2 N–H and O–H groups in total. The number of phenolic OH excluding ortho intramolecular Hbond substituents is 1. The summed E-state index contributed by atoms with van der Waals surface area (Å²) in [6, 6.07) is 3.43. The molecule has 0 saturated carbocycles. The van der Waals surface area contributed by atoms with Gasteiger partial charge in [-0.25, -0.2) is 0 Å². The molecule has 184 valence electrons. The number of amides is 1. The summed E-state index contributed by atoms with van der Waals surface area (Å²) in [6.45, 7) is 17.0. The van der Waals surface area contributed by atoms with Gasteiger partial charge < -0.3 is 15.3 Å². The van der Waals surface area contributed by atoms with Crippen LogP contribution in [0.2, 0.25) is 0 Å². The minimum absolute atomic E-state index is 0.0131. The molecule has 1 amide bonds. The van der Waals surface area contributed by atoms with Crippen LogP contribution in [0.25, 0.3) is 0 Å². The molecule has 0 radical (unpaired) electrons. The van der Waals surface area contributed by atoms with E-state index in [0.29, 0.717) is 24.4 Å². The van der Waals surface area contributed by atoms with Gasteiger partial charge in [0.25, 0.3) is 0 Å². The number of amidine groups is 1. The lowest BCUT2D eigenvalue weighted by Gasteiger charge is -2.28. The fraction of sp³-hybridized carbons (Fsp3) is 0.654. The predicted octanol–water partition coefficient (Wildman–Crippen LogP) is 5.51. The molecule has 0 aliphatic carbocycles. The number of Topliss-reactive ketones (excluding diaryl/α,β-unsaturated/α-hetero) is 1. The lowest BCUT2D eigenvalue weighted by molar-refractivity contribution is -0.125. The molecule has 0 aromatic heterocycles. The van der Waals surface area contributed by atoms with Gasteiger partial charge in [-0.2, -0.15) is 4.02 Å². The monoisotopic (exact) mass is 521 g/mol. The van der Waals surface area contributed by atoms with Crippen LogP contribution in [0, 0.1) is 5.92 Å². The maximum atomic E-state index is 13.4. The van der Waals surface area contributed by atoms with Crippen LogP contribution >= 0.6 is 16.1 Å². The van der Waals surface area contributed by atoms with Crippen molar-refractivity contribution in [1.82, 2.24) is 10.2 Å². The highest BCUT2D eigenvalue weighted by molar-refractivity contribution is 9.08. The summed E-state index contributed by atoms with van der Waals surface area (Å²) in [7, 11) is 0. The number of halogens is 1. The Balaban J connectivity index is 2.28. The molecule has 33 heavy (non-hydrogen) atoms. The van der Waals surface area contributed by atoms with E-state index in [4.69, 9.17) is 0 Å². The quantitative estimate of drug-likeness (QED) is 0.463. The number of carbonyl (C=O) groups excluding carboxylic acids is 2. The number of aromatic hydroxyl groups is 1. The summed E-state index contributed by atoms with van der Waals surface area (Å²) in [5.74, 6) is 0.927. The highest BCUT2D eigenvalue weighted by Crippen LogP contribution is 2.40. The highest BCUT2D eigenvalue weighted by atomic mass is 79.9. The summed E-state index contributed by atoms with van der Waals surface area (Å²) in [4.78, 5) is 27.9. The van der Waals surface area contributed by atoms with E-state index in [1.807, 2.05) is 72.4 Å². The van der Waals surface area contributed by atoms with Gasteiger partial charge in [-0.05, 0) is 42.2 Å². The molecular formula is C26H40BrN3O3. The first-order chi connectivity index (χ1) is 15.2. The first-order valence-corrected chi connectivity index (χ1v) is 12.6. The second kappa shape index (κ2) is 10.6. The summed E-state index contributed by atoms with van der Waals surface area (Å²) >= 11 is 3.20. The smallest absolute Gasteiger partial charge is 0.223 e. The molecule has 0 bridgehead atoms. The van der Waals surface area contributed by atoms with Gasteiger partial charge >= 0.3 is 0 Å². The van der Waals surface area contributed by atoms with E-state index in [0.717, 1.165) is 24.0 Å². The Morgan fingerprint density at radius 3 is 2.06 bits per heavy atom. The molecule has 1 heterocycles. The molecule has 1 aromatic carbocycles. The van der Waals surface area contributed by atoms with Crippen molar-refractivity contribution in [3.63, 3.8) is 0 Å². The fourth-order valence-electron chi connectivity index (χ4n) is 4.31. The Bertz CT molecular complexity index is 873. The molecule has 6 nitrogen and oxygen atoms in total. The first kappa shape index (κ1) is 27.4. The van der Waals surface area contributed by atoms with Gasteiger partial charge in [0.15, 0.2) is 5.78 Å². The summed E-state index contributed by atoms with van der Waals surface area (Å²) in [5, 5.41) is 14.1. The summed E-state index contributed by atoms with van der Waals surface area (Å²) in [5.41, 5.74) is 1.51. The van der Waals surface area contributed by atoms with Crippen molar-refractivity contribution in [2.75, 3.05) is 13.1 Å². The van der Waals surface area contributed by atoms with Crippen molar-refractivity contribution >= 4 is 33.7 Å². The number of phenols is 1. The van der Waals surface area contributed by atoms with Crippen molar-refractivity contribution < 1.29 is 14.7 Å². The lowest BCUT2D eigenvalue weighted by atomic mass is 9.78. The molecule has 0 spiro atoms. The largest absolute Gasteiger partial charge is 0.507 e. The van der Waals surface area contributed by atoms with Crippen LogP contribution in [0.3, 0.4) is 0 Å². The number of benzene rings is 1. The summed E-state index contributed by atoms with van der Waals surface area (Å²) in [6.07, 6.45) is 2.30. The molecule has 2 rings (SSSR count). The van der Waals surface area contributed by atoms with Gasteiger partial charge in [-0.3, -0.25) is 9.59 Å². The van der Waals surface area contributed by atoms with Crippen molar-refractivity contribution in [1.29, 1.82) is 0 Å². The zero-order valence-electron chi connectivity index (χ0n) is 21.4. The fourth-order valence-corrected chi connectivity index (χ4v) is 4.78. The predicted molar refractivity (Wildman–Crippen MR) is 138 cm³/mol. The van der Waals surface area contributed by atoms with Crippen LogP contribution in [0.15, 0.2) is 16.2 Å². The van der Waals surface area contributed by atoms with Crippen molar-refractivity contribution in [3.8, 4) is 5.75 Å². The normalized spacial score (nSPS) is 18.3. The van der Waals surface area contributed by atoms with Gasteiger partial charge in [0, 0.05) is 29.2 Å². The molecule has 7 heteroatoms. The molecule has 1 aromatic rings. The Kier molecular flexibility index (Phi) is 8.77. The number of carbonyl (C=O) groups is 2. The zero-order chi connectivity index (χ0) is 25.1. The zero-order valence-corrected chi connectivity index (χ0v) is 23.0. The average molecular weight is 523 g/mol. The van der Waals surface area contributed by atoms with Gasteiger partial charge in [0.05, 0.1) is 28.7 Å². The third-order valence-electron chi connectivity index (χ3n) is 6.47. The standard InChI is InChI=1S/C26H40BrN3O3/c1-9-16(10-2)24(33)28-20-11-12-30(23(20)29-27)15-21(31)17-13-18(25(3,4)5)22(32)19(14-17)26(6,7)8/h13-14,16,20,32H,9-12,15H2,1-8H3,(H,28,33). The summed E-state index contributed by atoms with van der Waals surface area (Å²) < 4.78 is 4.24. The maximum absolute atomic E-state index is 13.4. The molecule has 1 aliphatic rings. The Labute approximate surface area is 207 Å². The second-order valence-corrected chi connectivity index (χ2v) is 11.4. The number of hydrogen-bond acceptors (Lipinski definition) is 4. The minimum atomic E-state index is -0.305. The van der Waals surface area contributed by atoms with Crippen molar-refractivity contribution in [2.45, 2.75) is 91.5 Å². The number of likely N-dealkylation sites (tertiary alicyclic amines) is 1. The van der Waals surface area contributed by atoms with E-state index in [1.54, 1.807) is 0 Å². The lowest BCUT2D eigenvalue weighted by Crippen LogP contribution is -2.44. The Morgan fingerprint density at radius 1 is 1.12 bits per heavy atom. The number of hydrogen-bond donors (Lipinski definition) is 2. The van der Waals surface area contributed by atoms with Crippen LogP contribution in [0.4, 0.5) is 0 Å². The van der Waals surface area contributed by atoms with Crippen LogP contribution in [-0.4, -0.2) is 46.7 Å². The van der Waals surface area contributed by atoms with Crippen LogP contribution in [0.1, 0.15) is 96.1 Å². The second-order valence-electron chi connectivity index (χ2n) is 11.1. The third kappa shape index (κ3) is 6.37. The van der Waals surface area contributed by atoms with Gasteiger partial charge in [0.2, 0.25) is 5.91 Å². The van der Waals surface area contributed by atoms with Gasteiger partial charge in [-0.15, -0.1) is 0 Å².